The van der Waals surface area contributed by atoms with Gasteiger partial charge in [0.25, 0.3) is 5.91 Å². The summed E-state index contributed by atoms with van der Waals surface area (Å²) in [6.45, 7) is 3.03. The quantitative estimate of drug-likeness (QED) is 0.752. The molecule has 7 nitrogen and oxygen atoms in total. The molecule has 2 aromatic heterocycles. The first kappa shape index (κ1) is 17.2. The van der Waals surface area contributed by atoms with Crippen molar-refractivity contribution in [2.75, 3.05) is 18.0 Å². The molecule has 3 aromatic rings. The third-order valence-corrected chi connectivity index (χ3v) is 4.86. The highest BCUT2D eigenvalue weighted by atomic mass is 16.2. The maximum atomic E-state index is 12.5. The molecule has 0 aliphatic carbocycles. The number of anilines is 1. The van der Waals surface area contributed by atoms with Crippen molar-refractivity contribution in [1.82, 2.24) is 19.9 Å². The summed E-state index contributed by atoms with van der Waals surface area (Å²) in [5.74, 6) is 0.812. The lowest BCUT2D eigenvalue weighted by Crippen LogP contribution is -2.28. The predicted octanol–water partition coefficient (Wildman–Crippen LogP) is 2.00. The first-order valence-corrected chi connectivity index (χ1v) is 9.17. The van der Waals surface area contributed by atoms with Crippen LogP contribution in [0.3, 0.4) is 0 Å². The minimum absolute atomic E-state index is 0.117. The molecule has 0 saturated carbocycles. The van der Waals surface area contributed by atoms with Gasteiger partial charge in [-0.25, -0.2) is 0 Å². The Hall–Kier alpha value is -3.22. The van der Waals surface area contributed by atoms with Crippen LogP contribution in [0.25, 0.3) is 5.65 Å². The van der Waals surface area contributed by atoms with Gasteiger partial charge in [0, 0.05) is 43.4 Å². The van der Waals surface area contributed by atoms with Crippen molar-refractivity contribution in [3.05, 3.63) is 59.5 Å². The Morgan fingerprint density at radius 3 is 2.93 bits per heavy atom. The Morgan fingerprint density at radius 2 is 2.07 bits per heavy atom. The molecule has 3 heterocycles. The monoisotopic (exact) mass is 363 g/mol. The van der Waals surface area contributed by atoms with Gasteiger partial charge in [-0.05, 0) is 42.3 Å². The Morgan fingerprint density at radius 1 is 1.19 bits per heavy atom. The normalized spacial score (nSPS) is 13.0. The van der Waals surface area contributed by atoms with E-state index in [0.29, 0.717) is 31.5 Å². The predicted molar refractivity (Wildman–Crippen MR) is 102 cm³/mol. The first-order chi connectivity index (χ1) is 13.2. The van der Waals surface area contributed by atoms with Crippen molar-refractivity contribution in [1.29, 1.82) is 0 Å². The van der Waals surface area contributed by atoms with Crippen LogP contribution in [0.1, 0.15) is 35.1 Å². The highest BCUT2D eigenvalue weighted by Gasteiger charge is 2.24. The van der Waals surface area contributed by atoms with Gasteiger partial charge in [-0.2, -0.15) is 0 Å². The number of nitrogens with zero attached hydrogens (tertiary/aromatic N) is 4. The number of benzene rings is 1. The molecule has 0 bridgehead atoms. The fourth-order valence-electron chi connectivity index (χ4n) is 3.44. The van der Waals surface area contributed by atoms with Gasteiger partial charge in [0.15, 0.2) is 5.65 Å². The molecule has 0 atom stereocenters. The van der Waals surface area contributed by atoms with E-state index in [4.69, 9.17) is 0 Å². The average Bonchev–Trinajstić information content (AvgIpc) is 3.31. The molecule has 7 heteroatoms. The van der Waals surface area contributed by atoms with Crippen LogP contribution in [0.5, 0.6) is 0 Å². The van der Waals surface area contributed by atoms with Gasteiger partial charge < -0.3 is 10.2 Å². The number of amides is 2. The van der Waals surface area contributed by atoms with Gasteiger partial charge >= 0.3 is 0 Å². The topological polar surface area (TPSA) is 79.6 Å². The van der Waals surface area contributed by atoms with Crippen LogP contribution in [0.15, 0.2) is 42.6 Å². The van der Waals surface area contributed by atoms with E-state index >= 15 is 0 Å². The van der Waals surface area contributed by atoms with Crippen molar-refractivity contribution in [2.24, 2.45) is 0 Å². The summed E-state index contributed by atoms with van der Waals surface area (Å²) in [6.07, 6.45) is 3.78. The maximum absolute atomic E-state index is 12.5. The minimum atomic E-state index is -0.119. The van der Waals surface area contributed by atoms with E-state index in [0.717, 1.165) is 29.1 Å². The number of carbonyl (C=O) groups is 2. The third kappa shape index (κ3) is 3.28. The lowest BCUT2D eigenvalue weighted by molar-refractivity contribution is -0.118. The molecule has 27 heavy (non-hydrogen) atoms. The summed E-state index contributed by atoms with van der Waals surface area (Å²) in [5.41, 5.74) is 3.38. The molecule has 2 amide bonds. The molecule has 1 N–H and O–H groups in total. The van der Waals surface area contributed by atoms with Crippen LogP contribution in [-0.4, -0.2) is 39.5 Å². The molecular weight excluding hydrogens is 342 g/mol. The summed E-state index contributed by atoms with van der Waals surface area (Å²) >= 11 is 0. The molecule has 0 spiro atoms. The van der Waals surface area contributed by atoms with Gasteiger partial charge in [-0.15, -0.1) is 10.2 Å². The number of fused-ring (bicyclic) bond motifs is 2. The Labute approximate surface area is 157 Å². The molecule has 1 aromatic carbocycles. The lowest BCUT2D eigenvalue weighted by Gasteiger charge is -2.16. The van der Waals surface area contributed by atoms with Gasteiger partial charge in [0.1, 0.15) is 5.82 Å². The van der Waals surface area contributed by atoms with Gasteiger partial charge in [-0.1, -0.05) is 13.0 Å². The standard InChI is InChI=1S/C20H21N5O2/c1-2-19(26)24-12-9-14-13-15(6-7-16(14)24)20(27)21-10-8-18-23-22-17-5-3-4-11-25(17)18/h3-7,11,13H,2,8-10,12H2,1H3,(H,21,27). The van der Waals surface area contributed by atoms with Crippen molar-refractivity contribution < 1.29 is 9.59 Å². The second kappa shape index (κ2) is 7.19. The second-order valence-corrected chi connectivity index (χ2v) is 6.54. The SMILES string of the molecule is CCC(=O)N1CCc2cc(C(=O)NCCc3nnc4ccccn34)ccc21. The van der Waals surface area contributed by atoms with Crippen LogP contribution < -0.4 is 10.2 Å². The number of rotatable bonds is 5. The van der Waals surface area contributed by atoms with Crippen molar-refractivity contribution in [3.8, 4) is 0 Å². The van der Waals surface area contributed by atoms with Crippen LogP contribution in [0, 0.1) is 0 Å². The number of hydrogen-bond acceptors (Lipinski definition) is 4. The largest absolute Gasteiger partial charge is 0.352 e. The first-order valence-electron chi connectivity index (χ1n) is 9.17. The summed E-state index contributed by atoms with van der Waals surface area (Å²) < 4.78 is 1.92. The maximum Gasteiger partial charge on any atom is 0.251 e. The number of pyridine rings is 1. The number of aromatic nitrogens is 3. The third-order valence-electron chi connectivity index (χ3n) is 4.86. The smallest absolute Gasteiger partial charge is 0.251 e. The molecule has 0 unspecified atom stereocenters. The van der Waals surface area contributed by atoms with Crippen LogP contribution in [0.4, 0.5) is 5.69 Å². The summed E-state index contributed by atoms with van der Waals surface area (Å²) in [4.78, 5) is 26.2. The molecule has 138 valence electrons. The molecule has 1 aliphatic heterocycles. The molecular formula is C20H21N5O2. The fourth-order valence-corrected chi connectivity index (χ4v) is 3.44. The zero-order valence-corrected chi connectivity index (χ0v) is 15.2. The van der Waals surface area contributed by atoms with Gasteiger partial charge in [0.05, 0.1) is 0 Å². The molecule has 0 saturated heterocycles. The van der Waals surface area contributed by atoms with Crippen LogP contribution in [0.2, 0.25) is 0 Å². The Balaban J connectivity index is 1.40. The zero-order chi connectivity index (χ0) is 18.8. The average molecular weight is 363 g/mol. The van der Waals surface area contributed by atoms with E-state index in [9.17, 15) is 9.59 Å². The summed E-state index contributed by atoms with van der Waals surface area (Å²) in [7, 11) is 0. The van der Waals surface area contributed by atoms with Gasteiger partial charge in [-0.3, -0.25) is 14.0 Å². The van der Waals surface area contributed by atoms with Crippen molar-refractivity contribution >= 4 is 23.1 Å². The zero-order valence-electron chi connectivity index (χ0n) is 15.2. The number of hydrogen-bond donors (Lipinski definition) is 1. The number of carbonyl (C=O) groups excluding carboxylic acids is 2. The molecule has 1 aliphatic rings. The number of nitrogens with one attached hydrogen (secondary N) is 1. The van der Waals surface area contributed by atoms with E-state index in [-0.39, 0.29) is 11.8 Å². The van der Waals surface area contributed by atoms with Crippen LogP contribution >= 0.6 is 0 Å². The summed E-state index contributed by atoms with van der Waals surface area (Å²) in [5, 5.41) is 11.2. The molecule has 0 fully saturated rings. The van der Waals surface area contributed by atoms with E-state index in [1.54, 1.807) is 11.0 Å². The highest BCUT2D eigenvalue weighted by molar-refractivity contribution is 5.98. The minimum Gasteiger partial charge on any atom is -0.352 e. The molecule has 0 radical (unpaired) electrons. The second-order valence-electron chi connectivity index (χ2n) is 6.54. The van der Waals surface area contributed by atoms with Gasteiger partial charge in [0.2, 0.25) is 5.91 Å². The Kier molecular flexibility index (Phi) is 4.58. The van der Waals surface area contributed by atoms with E-state index < -0.39 is 0 Å². The van der Waals surface area contributed by atoms with Crippen molar-refractivity contribution in [2.45, 2.75) is 26.2 Å². The van der Waals surface area contributed by atoms with Crippen molar-refractivity contribution in [3.63, 3.8) is 0 Å². The van der Waals surface area contributed by atoms with Crippen LogP contribution in [-0.2, 0) is 17.6 Å². The van der Waals surface area contributed by atoms with E-state index in [1.807, 2.05) is 47.9 Å². The highest BCUT2D eigenvalue weighted by Crippen LogP contribution is 2.29. The Bertz CT molecular complexity index is 1010. The lowest BCUT2D eigenvalue weighted by atomic mass is 10.1. The van der Waals surface area contributed by atoms with E-state index in [1.165, 1.54) is 0 Å². The summed E-state index contributed by atoms with van der Waals surface area (Å²) in [6, 6.07) is 11.3. The molecule has 4 rings (SSSR count). The fraction of sp³-hybridized carbons (Fsp3) is 0.300. The van der Waals surface area contributed by atoms with E-state index in [2.05, 4.69) is 15.5 Å².